The van der Waals surface area contributed by atoms with E-state index in [0.717, 1.165) is 11.1 Å². The second kappa shape index (κ2) is 3.59. The van der Waals surface area contributed by atoms with Crippen molar-refractivity contribution >= 4 is 0 Å². The summed E-state index contributed by atoms with van der Waals surface area (Å²) in [4.78, 5) is 0. The van der Waals surface area contributed by atoms with Crippen LogP contribution in [0.3, 0.4) is 0 Å². The molecule has 14 heavy (non-hydrogen) atoms. The number of benzene rings is 1. The average molecular weight is 193 g/mol. The Balaban J connectivity index is 2.36. The van der Waals surface area contributed by atoms with Crippen molar-refractivity contribution in [3.63, 3.8) is 0 Å². The van der Waals surface area contributed by atoms with Gasteiger partial charge < -0.3 is 15.5 Å². The maximum Gasteiger partial charge on any atom is 0.119 e. The molecule has 1 aliphatic carbocycles. The van der Waals surface area contributed by atoms with Gasteiger partial charge >= 0.3 is 0 Å². The number of likely N-dealkylation sites (N-methyl/N-ethyl adjacent to an activating group) is 1. The lowest BCUT2D eigenvalue weighted by molar-refractivity contribution is 0.123. The smallest absolute Gasteiger partial charge is 0.119 e. The standard InChI is InChI=1S/C11H15NO2/c1-12-9-6-8-7(5-11(9)14)3-2-4-10(8)13/h2-4,9,11-14H,5-6H2,1H3. The van der Waals surface area contributed by atoms with Crippen molar-refractivity contribution < 1.29 is 10.2 Å². The van der Waals surface area contributed by atoms with Gasteiger partial charge in [-0.1, -0.05) is 12.1 Å². The molecule has 2 rings (SSSR count). The molecular weight excluding hydrogens is 178 g/mol. The van der Waals surface area contributed by atoms with E-state index in [1.54, 1.807) is 6.07 Å². The van der Waals surface area contributed by atoms with Crippen LogP contribution in [0.1, 0.15) is 11.1 Å². The summed E-state index contributed by atoms with van der Waals surface area (Å²) in [5.74, 6) is 0.342. The van der Waals surface area contributed by atoms with Crippen molar-refractivity contribution in [3.8, 4) is 5.75 Å². The highest BCUT2D eigenvalue weighted by Gasteiger charge is 2.26. The summed E-state index contributed by atoms with van der Waals surface area (Å²) < 4.78 is 0. The normalized spacial score (nSPS) is 25.9. The fourth-order valence-corrected chi connectivity index (χ4v) is 2.07. The minimum Gasteiger partial charge on any atom is -0.508 e. The van der Waals surface area contributed by atoms with E-state index in [2.05, 4.69) is 5.32 Å². The lowest BCUT2D eigenvalue weighted by atomic mass is 9.86. The van der Waals surface area contributed by atoms with Gasteiger partial charge in [0.1, 0.15) is 5.75 Å². The molecule has 2 unspecified atom stereocenters. The van der Waals surface area contributed by atoms with Gasteiger partial charge in [0.15, 0.2) is 0 Å². The number of nitrogens with one attached hydrogen (secondary N) is 1. The largest absolute Gasteiger partial charge is 0.508 e. The fraction of sp³-hybridized carbons (Fsp3) is 0.455. The van der Waals surface area contributed by atoms with Crippen LogP contribution in [0.5, 0.6) is 5.75 Å². The van der Waals surface area contributed by atoms with Gasteiger partial charge in [0.25, 0.3) is 0 Å². The number of phenols is 1. The molecule has 3 heteroatoms. The first-order chi connectivity index (χ1) is 6.72. The molecule has 0 amide bonds. The molecule has 3 N–H and O–H groups in total. The molecule has 0 aromatic heterocycles. The van der Waals surface area contributed by atoms with Crippen molar-refractivity contribution in [2.75, 3.05) is 7.05 Å². The fourth-order valence-electron chi connectivity index (χ4n) is 2.07. The predicted molar refractivity (Wildman–Crippen MR) is 54.4 cm³/mol. The van der Waals surface area contributed by atoms with Crippen LogP contribution >= 0.6 is 0 Å². The number of fused-ring (bicyclic) bond motifs is 1. The van der Waals surface area contributed by atoms with E-state index in [4.69, 9.17) is 0 Å². The molecule has 0 aliphatic heterocycles. The Morgan fingerprint density at radius 2 is 2.14 bits per heavy atom. The Kier molecular flexibility index (Phi) is 2.44. The van der Waals surface area contributed by atoms with E-state index < -0.39 is 0 Å². The Bertz CT molecular complexity index is 338. The number of hydrogen-bond acceptors (Lipinski definition) is 3. The van der Waals surface area contributed by atoms with E-state index >= 15 is 0 Å². The zero-order valence-electron chi connectivity index (χ0n) is 8.20. The van der Waals surface area contributed by atoms with Gasteiger partial charge in [0.2, 0.25) is 0 Å². The van der Waals surface area contributed by atoms with Gasteiger partial charge in [-0.15, -0.1) is 0 Å². The molecule has 1 aromatic carbocycles. The van der Waals surface area contributed by atoms with Crippen LogP contribution in [-0.4, -0.2) is 29.4 Å². The minimum absolute atomic E-state index is 0.0517. The van der Waals surface area contributed by atoms with Crippen LogP contribution in [0.4, 0.5) is 0 Å². The first kappa shape index (κ1) is 9.49. The third-order valence-electron chi connectivity index (χ3n) is 2.94. The van der Waals surface area contributed by atoms with Crippen molar-refractivity contribution in [1.29, 1.82) is 0 Å². The first-order valence-electron chi connectivity index (χ1n) is 4.87. The number of aromatic hydroxyl groups is 1. The van der Waals surface area contributed by atoms with Crippen LogP contribution in [0.15, 0.2) is 18.2 Å². The SMILES string of the molecule is CNC1Cc2c(O)cccc2CC1O. The maximum absolute atomic E-state index is 9.76. The van der Waals surface area contributed by atoms with Gasteiger partial charge in [-0.05, 0) is 30.7 Å². The number of aliphatic hydroxyl groups is 1. The van der Waals surface area contributed by atoms with Crippen LogP contribution in [-0.2, 0) is 12.8 Å². The number of rotatable bonds is 1. The monoisotopic (exact) mass is 193 g/mol. The second-order valence-electron chi connectivity index (χ2n) is 3.79. The molecular formula is C11H15NO2. The van der Waals surface area contributed by atoms with Crippen LogP contribution < -0.4 is 5.32 Å². The molecule has 0 saturated heterocycles. The first-order valence-corrected chi connectivity index (χ1v) is 4.87. The molecule has 0 radical (unpaired) electrons. The third kappa shape index (κ3) is 1.49. The summed E-state index contributed by atoms with van der Waals surface area (Å²) in [7, 11) is 1.83. The van der Waals surface area contributed by atoms with Gasteiger partial charge in [0, 0.05) is 12.5 Å². The minimum atomic E-state index is -0.353. The van der Waals surface area contributed by atoms with E-state index in [-0.39, 0.29) is 12.1 Å². The van der Waals surface area contributed by atoms with Crippen molar-refractivity contribution in [3.05, 3.63) is 29.3 Å². The van der Waals surface area contributed by atoms with E-state index in [1.165, 1.54) is 0 Å². The van der Waals surface area contributed by atoms with Crippen molar-refractivity contribution in [2.45, 2.75) is 25.0 Å². The molecule has 0 spiro atoms. The molecule has 1 aliphatic rings. The van der Waals surface area contributed by atoms with Gasteiger partial charge in [0.05, 0.1) is 6.10 Å². The van der Waals surface area contributed by atoms with Crippen molar-refractivity contribution in [2.24, 2.45) is 0 Å². The van der Waals surface area contributed by atoms with Crippen LogP contribution in [0.2, 0.25) is 0 Å². The van der Waals surface area contributed by atoms with Crippen LogP contribution in [0, 0.1) is 0 Å². The second-order valence-corrected chi connectivity index (χ2v) is 3.79. The zero-order valence-corrected chi connectivity index (χ0v) is 8.20. The predicted octanol–water partition coefficient (Wildman–Crippen LogP) is 0.440. The summed E-state index contributed by atoms with van der Waals surface area (Å²) in [6.45, 7) is 0. The molecule has 1 aromatic rings. The zero-order chi connectivity index (χ0) is 10.1. The number of phenolic OH excluding ortho intramolecular Hbond substituents is 1. The van der Waals surface area contributed by atoms with Gasteiger partial charge in [-0.25, -0.2) is 0 Å². The average Bonchev–Trinajstić information content (AvgIpc) is 2.17. The Morgan fingerprint density at radius 3 is 2.86 bits per heavy atom. The molecule has 3 nitrogen and oxygen atoms in total. The number of hydrogen-bond donors (Lipinski definition) is 3. The lowest BCUT2D eigenvalue weighted by Crippen LogP contribution is -2.43. The lowest BCUT2D eigenvalue weighted by Gasteiger charge is -2.29. The highest BCUT2D eigenvalue weighted by molar-refractivity contribution is 5.42. The Hall–Kier alpha value is -1.06. The van der Waals surface area contributed by atoms with E-state index in [1.807, 2.05) is 19.2 Å². The quantitative estimate of drug-likeness (QED) is 0.606. The summed E-state index contributed by atoms with van der Waals surface area (Å²) in [5.41, 5.74) is 2.03. The highest BCUT2D eigenvalue weighted by atomic mass is 16.3. The van der Waals surface area contributed by atoms with Gasteiger partial charge in [-0.3, -0.25) is 0 Å². The molecule has 0 bridgehead atoms. The molecule has 0 heterocycles. The summed E-state index contributed by atoms with van der Waals surface area (Å²) in [6, 6.07) is 5.53. The third-order valence-corrected chi connectivity index (χ3v) is 2.94. The van der Waals surface area contributed by atoms with Gasteiger partial charge in [-0.2, -0.15) is 0 Å². The van der Waals surface area contributed by atoms with E-state index in [0.29, 0.717) is 18.6 Å². The molecule has 0 saturated carbocycles. The summed E-state index contributed by atoms with van der Waals surface area (Å²) in [5, 5.41) is 22.5. The van der Waals surface area contributed by atoms with Crippen LogP contribution in [0.25, 0.3) is 0 Å². The van der Waals surface area contributed by atoms with E-state index in [9.17, 15) is 10.2 Å². The topological polar surface area (TPSA) is 52.5 Å². The summed E-state index contributed by atoms with van der Waals surface area (Å²) in [6.07, 6.45) is 0.962. The maximum atomic E-state index is 9.76. The molecule has 76 valence electrons. The molecule has 2 atom stereocenters. The Labute approximate surface area is 83.4 Å². The number of aliphatic hydroxyl groups excluding tert-OH is 1. The van der Waals surface area contributed by atoms with Crippen molar-refractivity contribution in [1.82, 2.24) is 5.32 Å². The Morgan fingerprint density at radius 1 is 1.36 bits per heavy atom. The summed E-state index contributed by atoms with van der Waals surface area (Å²) >= 11 is 0. The highest BCUT2D eigenvalue weighted by Crippen LogP contribution is 2.28. The molecule has 0 fully saturated rings.